The molecular weight excluding hydrogens is 338 g/mol. The standard InChI is InChI=1S/C18H21N3O3S/c1-4-15-11(2)25-18(19-15)20-17(23)12-8-16(22)21(10-12)13-6-5-7-14(9-13)24-3/h5-7,9,12H,4,8,10H2,1-3H3,(H,19,20,23)/t12-/m0/s1. The molecule has 1 fully saturated rings. The predicted octanol–water partition coefficient (Wildman–Crippen LogP) is 3.01. The first-order valence-electron chi connectivity index (χ1n) is 8.23. The van der Waals surface area contributed by atoms with Crippen molar-refractivity contribution >= 4 is 34.0 Å². The zero-order valence-electron chi connectivity index (χ0n) is 14.5. The molecule has 0 aliphatic carbocycles. The summed E-state index contributed by atoms with van der Waals surface area (Å²) in [5.41, 5.74) is 1.75. The van der Waals surface area contributed by atoms with Crippen LogP contribution in [0.4, 0.5) is 10.8 Å². The number of amides is 2. The SMILES string of the molecule is CCc1nc(NC(=O)[C@H]2CC(=O)N(c3cccc(OC)c3)C2)sc1C. The Balaban J connectivity index is 1.69. The lowest BCUT2D eigenvalue weighted by atomic mass is 10.1. The van der Waals surface area contributed by atoms with Crippen LogP contribution in [0.25, 0.3) is 0 Å². The highest BCUT2D eigenvalue weighted by molar-refractivity contribution is 7.15. The molecule has 1 aliphatic rings. The van der Waals surface area contributed by atoms with Crippen LogP contribution in [-0.2, 0) is 16.0 Å². The number of nitrogens with zero attached hydrogens (tertiary/aromatic N) is 2. The van der Waals surface area contributed by atoms with E-state index in [4.69, 9.17) is 4.74 Å². The number of carbonyl (C=O) groups excluding carboxylic acids is 2. The summed E-state index contributed by atoms with van der Waals surface area (Å²) in [7, 11) is 1.59. The number of anilines is 2. The third kappa shape index (κ3) is 3.66. The monoisotopic (exact) mass is 359 g/mol. The van der Waals surface area contributed by atoms with Crippen molar-refractivity contribution in [2.75, 3.05) is 23.9 Å². The molecule has 1 N–H and O–H groups in total. The maximum atomic E-state index is 12.5. The van der Waals surface area contributed by atoms with E-state index in [1.165, 1.54) is 11.3 Å². The molecule has 1 atom stereocenters. The van der Waals surface area contributed by atoms with E-state index in [0.29, 0.717) is 17.4 Å². The van der Waals surface area contributed by atoms with Crippen LogP contribution in [-0.4, -0.2) is 30.5 Å². The van der Waals surface area contributed by atoms with Crippen LogP contribution in [0.15, 0.2) is 24.3 Å². The summed E-state index contributed by atoms with van der Waals surface area (Å²) in [5, 5.41) is 3.46. The lowest BCUT2D eigenvalue weighted by Crippen LogP contribution is -2.28. The van der Waals surface area contributed by atoms with Crippen molar-refractivity contribution in [3.63, 3.8) is 0 Å². The maximum absolute atomic E-state index is 12.5. The second-order valence-electron chi connectivity index (χ2n) is 5.97. The predicted molar refractivity (Wildman–Crippen MR) is 98.3 cm³/mol. The minimum Gasteiger partial charge on any atom is -0.497 e. The lowest BCUT2D eigenvalue weighted by Gasteiger charge is -2.17. The van der Waals surface area contributed by atoms with E-state index < -0.39 is 0 Å². The quantitative estimate of drug-likeness (QED) is 0.891. The fourth-order valence-electron chi connectivity index (χ4n) is 2.93. The number of ether oxygens (including phenoxy) is 1. The molecule has 7 heteroatoms. The Morgan fingerprint density at radius 1 is 1.48 bits per heavy atom. The summed E-state index contributed by atoms with van der Waals surface area (Å²) in [6.45, 7) is 4.40. The van der Waals surface area contributed by atoms with Crippen molar-refractivity contribution in [3.05, 3.63) is 34.8 Å². The summed E-state index contributed by atoms with van der Waals surface area (Å²) in [6.07, 6.45) is 1.04. The average molecular weight is 359 g/mol. The Bertz CT molecular complexity index is 803. The van der Waals surface area contributed by atoms with Gasteiger partial charge in [0.05, 0.1) is 18.7 Å². The van der Waals surface area contributed by atoms with Gasteiger partial charge in [0.1, 0.15) is 5.75 Å². The second kappa shape index (κ2) is 7.23. The van der Waals surface area contributed by atoms with Crippen molar-refractivity contribution in [2.45, 2.75) is 26.7 Å². The van der Waals surface area contributed by atoms with Gasteiger partial charge in [0.25, 0.3) is 0 Å². The summed E-state index contributed by atoms with van der Waals surface area (Å²) < 4.78 is 5.20. The molecule has 2 aromatic rings. The number of aromatic nitrogens is 1. The van der Waals surface area contributed by atoms with Crippen molar-refractivity contribution in [2.24, 2.45) is 5.92 Å². The zero-order chi connectivity index (χ0) is 18.0. The highest BCUT2D eigenvalue weighted by Crippen LogP contribution is 2.29. The molecule has 132 valence electrons. The maximum Gasteiger partial charge on any atom is 0.231 e. The molecule has 3 rings (SSSR count). The van der Waals surface area contributed by atoms with Gasteiger partial charge in [-0.2, -0.15) is 0 Å². The van der Waals surface area contributed by atoms with Gasteiger partial charge in [-0.05, 0) is 25.5 Å². The molecule has 0 saturated carbocycles. The number of hydrogen-bond acceptors (Lipinski definition) is 5. The number of rotatable bonds is 5. The number of aryl methyl sites for hydroxylation is 2. The Labute approximate surface area is 150 Å². The molecule has 1 aromatic heterocycles. The van der Waals surface area contributed by atoms with Crippen LogP contribution in [0.2, 0.25) is 0 Å². The van der Waals surface area contributed by atoms with Gasteiger partial charge in [0.2, 0.25) is 11.8 Å². The Kier molecular flexibility index (Phi) is 5.03. The Morgan fingerprint density at radius 3 is 2.96 bits per heavy atom. The topological polar surface area (TPSA) is 71.5 Å². The zero-order valence-corrected chi connectivity index (χ0v) is 15.4. The van der Waals surface area contributed by atoms with Gasteiger partial charge in [0.15, 0.2) is 5.13 Å². The number of nitrogens with one attached hydrogen (secondary N) is 1. The van der Waals surface area contributed by atoms with E-state index in [1.54, 1.807) is 18.1 Å². The Hall–Kier alpha value is -2.41. The minimum atomic E-state index is -0.381. The molecule has 0 spiro atoms. The summed E-state index contributed by atoms with van der Waals surface area (Å²) >= 11 is 1.47. The number of benzene rings is 1. The summed E-state index contributed by atoms with van der Waals surface area (Å²) in [6, 6.07) is 7.30. The van der Waals surface area contributed by atoms with Crippen LogP contribution >= 0.6 is 11.3 Å². The van der Waals surface area contributed by atoms with E-state index in [2.05, 4.69) is 10.3 Å². The first-order valence-corrected chi connectivity index (χ1v) is 9.05. The van der Waals surface area contributed by atoms with E-state index in [9.17, 15) is 9.59 Å². The first-order chi connectivity index (χ1) is 12.0. The molecule has 0 radical (unpaired) electrons. The fourth-order valence-corrected chi connectivity index (χ4v) is 3.83. The lowest BCUT2D eigenvalue weighted by molar-refractivity contribution is -0.122. The average Bonchev–Trinajstić information content (AvgIpc) is 3.17. The van der Waals surface area contributed by atoms with Gasteiger partial charge >= 0.3 is 0 Å². The Morgan fingerprint density at radius 2 is 2.28 bits per heavy atom. The molecule has 2 heterocycles. The van der Waals surface area contributed by atoms with E-state index in [1.807, 2.05) is 32.0 Å². The molecule has 25 heavy (non-hydrogen) atoms. The van der Waals surface area contributed by atoms with Crippen LogP contribution < -0.4 is 15.0 Å². The van der Waals surface area contributed by atoms with E-state index in [-0.39, 0.29) is 24.2 Å². The normalized spacial score (nSPS) is 17.0. The third-order valence-corrected chi connectivity index (χ3v) is 5.25. The largest absolute Gasteiger partial charge is 0.497 e. The van der Waals surface area contributed by atoms with Crippen molar-refractivity contribution < 1.29 is 14.3 Å². The molecule has 6 nitrogen and oxygen atoms in total. The highest BCUT2D eigenvalue weighted by atomic mass is 32.1. The molecule has 1 saturated heterocycles. The van der Waals surface area contributed by atoms with E-state index >= 15 is 0 Å². The van der Waals surface area contributed by atoms with Gasteiger partial charge in [-0.3, -0.25) is 9.59 Å². The second-order valence-corrected chi connectivity index (χ2v) is 7.17. The minimum absolute atomic E-state index is 0.0574. The van der Waals surface area contributed by atoms with Crippen molar-refractivity contribution in [3.8, 4) is 5.75 Å². The van der Waals surface area contributed by atoms with Crippen LogP contribution in [0, 0.1) is 12.8 Å². The highest BCUT2D eigenvalue weighted by Gasteiger charge is 2.35. The van der Waals surface area contributed by atoms with Gasteiger partial charge in [0, 0.05) is 29.6 Å². The first kappa shape index (κ1) is 17.4. The van der Waals surface area contributed by atoms with Crippen molar-refractivity contribution in [1.82, 2.24) is 4.98 Å². The van der Waals surface area contributed by atoms with Gasteiger partial charge in [-0.15, -0.1) is 11.3 Å². The number of hydrogen-bond donors (Lipinski definition) is 1. The smallest absolute Gasteiger partial charge is 0.231 e. The molecule has 0 bridgehead atoms. The molecule has 0 unspecified atom stereocenters. The van der Waals surface area contributed by atoms with Gasteiger partial charge in [-0.1, -0.05) is 13.0 Å². The van der Waals surface area contributed by atoms with Gasteiger partial charge in [-0.25, -0.2) is 4.98 Å². The number of methoxy groups -OCH3 is 1. The van der Waals surface area contributed by atoms with Gasteiger partial charge < -0.3 is 15.0 Å². The fraction of sp³-hybridized carbons (Fsp3) is 0.389. The molecular formula is C18H21N3O3S. The van der Waals surface area contributed by atoms with Crippen molar-refractivity contribution in [1.29, 1.82) is 0 Å². The van der Waals surface area contributed by atoms with Crippen LogP contribution in [0.3, 0.4) is 0 Å². The van der Waals surface area contributed by atoms with Crippen LogP contribution in [0.5, 0.6) is 5.75 Å². The molecule has 1 aliphatic heterocycles. The number of carbonyl (C=O) groups is 2. The number of thiazole rings is 1. The molecule has 1 aromatic carbocycles. The van der Waals surface area contributed by atoms with E-state index in [0.717, 1.165) is 22.7 Å². The van der Waals surface area contributed by atoms with Crippen LogP contribution in [0.1, 0.15) is 23.9 Å². The third-order valence-electron chi connectivity index (χ3n) is 4.32. The summed E-state index contributed by atoms with van der Waals surface area (Å²) in [4.78, 5) is 32.0. The molecule has 2 amide bonds. The summed E-state index contributed by atoms with van der Waals surface area (Å²) in [5.74, 6) is 0.0876.